The van der Waals surface area contributed by atoms with E-state index in [4.69, 9.17) is 4.74 Å². The van der Waals surface area contributed by atoms with Crippen LogP contribution in [0.3, 0.4) is 0 Å². The lowest BCUT2D eigenvalue weighted by molar-refractivity contribution is 0.122. The summed E-state index contributed by atoms with van der Waals surface area (Å²) in [6.45, 7) is 6.47. The number of hydrogen-bond acceptors (Lipinski definition) is 4. The van der Waals surface area contributed by atoms with Crippen molar-refractivity contribution in [2.24, 2.45) is 5.92 Å². The largest absolute Gasteiger partial charge is 0.378 e. The van der Waals surface area contributed by atoms with E-state index >= 15 is 0 Å². The molecule has 2 aliphatic heterocycles. The topological polar surface area (TPSA) is 48.6 Å². The monoisotopic (exact) mass is 381 g/mol. The van der Waals surface area contributed by atoms with Gasteiger partial charge in [0.25, 0.3) is 5.56 Å². The van der Waals surface area contributed by atoms with E-state index in [0.717, 1.165) is 63.6 Å². The van der Waals surface area contributed by atoms with E-state index in [2.05, 4.69) is 58.1 Å². The van der Waals surface area contributed by atoms with Crippen molar-refractivity contribution in [3.8, 4) is 0 Å². The molecule has 1 aromatic carbocycles. The van der Waals surface area contributed by atoms with Gasteiger partial charge in [-0.3, -0.25) is 4.79 Å². The molecule has 3 heterocycles. The molecule has 2 fully saturated rings. The molecule has 1 aromatic heterocycles. The highest BCUT2D eigenvalue weighted by molar-refractivity contribution is 5.56. The Balaban J connectivity index is 1.63. The number of rotatable bonds is 4. The molecule has 0 amide bonds. The number of H-pyrrole nitrogens is 1. The lowest BCUT2D eigenvalue weighted by atomic mass is 9.94. The molecule has 2 atom stereocenters. The van der Waals surface area contributed by atoms with Gasteiger partial charge in [0.05, 0.1) is 13.2 Å². The number of pyridine rings is 1. The predicted octanol–water partition coefficient (Wildman–Crippen LogP) is 3.45. The van der Waals surface area contributed by atoms with Crippen LogP contribution in [-0.2, 0) is 11.2 Å². The second-order valence-electron chi connectivity index (χ2n) is 8.21. The average Bonchev–Trinajstić information content (AvgIpc) is 2.90. The lowest BCUT2D eigenvalue weighted by Gasteiger charge is -2.34. The lowest BCUT2D eigenvalue weighted by Crippen LogP contribution is -2.40. The SMILES string of the molecule is C[C@H]1CCCN(c2cc(N3CCOCC3)cc(=O)[nH]2)[C@H](Cc2ccccc2)C1. The minimum Gasteiger partial charge on any atom is -0.378 e. The first-order valence-electron chi connectivity index (χ1n) is 10.6. The molecule has 150 valence electrons. The minimum atomic E-state index is -0.0188. The molecule has 2 aliphatic rings. The number of hydrogen-bond donors (Lipinski definition) is 1. The van der Waals surface area contributed by atoms with E-state index in [1.165, 1.54) is 12.0 Å². The van der Waals surface area contributed by atoms with Crippen molar-refractivity contribution in [1.82, 2.24) is 4.98 Å². The normalized spacial score (nSPS) is 23.5. The molecule has 0 aliphatic carbocycles. The van der Waals surface area contributed by atoms with Gasteiger partial charge in [0.15, 0.2) is 0 Å². The Kier molecular flexibility index (Phi) is 6.01. The molecule has 0 spiro atoms. The molecule has 1 N–H and O–H groups in total. The van der Waals surface area contributed by atoms with Gasteiger partial charge in [-0.25, -0.2) is 0 Å². The first kappa shape index (κ1) is 19.1. The highest BCUT2D eigenvalue weighted by atomic mass is 16.5. The first-order chi connectivity index (χ1) is 13.7. The molecular formula is C23H31N3O2. The molecule has 2 aromatic rings. The zero-order valence-electron chi connectivity index (χ0n) is 16.8. The molecule has 0 radical (unpaired) electrons. The van der Waals surface area contributed by atoms with Crippen molar-refractivity contribution < 1.29 is 4.74 Å². The van der Waals surface area contributed by atoms with Gasteiger partial charge in [0.2, 0.25) is 0 Å². The molecule has 0 saturated carbocycles. The van der Waals surface area contributed by atoms with Crippen molar-refractivity contribution >= 4 is 11.5 Å². The van der Waals surface area contributed by atoms with Crippen molar-refractivity contribution in [3.63, 3.8) is 0 Å². The summed E-state index contributed by atoms with van der Waals surface area (Å²) in [6.07, 6.45) is 4.57. The van der Waals surface area contributed by atoms with E-state index in [0.29, 0.717) is 12.0 Å². The molecule has 4 rings (SSSR count). The van der Waals surface area contributed by atoms with E-state index < -0.39 is 0 Å². The minimum absolute atomic E-state index is 0.0188. The summed E-state index contributed by atoms with van der Waals surface area (Å²) in [7, 11) is 0. The quantitative estimate of drug-likeness (QED) is 0.881. The second-order valence-corrected chi connectivity index (χ2v) is 8.21. The average molecular weight is 382 g/mol. The number of aromatic amines is 1. The Labute approximate surface area is 167 Å². The summed E-state index contributed by atoms with van der Waals surface area (Å²) in [5.74, 6) is 1.66. The van der Waals surface area contributed by atoms with Gasteiger partial charge < -0.3 is 19.5 Å². The standard InChI is InChI=1S/C23H31N3O2/c1-18-6-5-9-26(21(14-18)15-19-7-3-2-4-8-19)22-16-20(17-23(27)24-22)25-10-12-28-13-11-25/h2-4,7-8,16-18,21H,5-6,9-15H2,1H3,(H,24,27)/t18-,21-/m0/s1. The number of nitrogens with zero attached hydrogens (tertiary/aromatic N) is 2. The summed E-state index contributed by atoms with van der Waals surface area (Å²) in [4.78, 5) is 20.3. The van der Waals surface area contributed by atoms with Gasteiger partial charge in [0, 0.05) is 43.5 Å². The van der Waals surface area contributed by atoms with Crippen LogP contribution in [-0.4, -0.2) is 43.9 Å². The highest BCUT2D eigenvalue weighted by Crippen LogP contribution is 2.29. The van der Waals surface area contributed by atoms with Crippen molar-refractivity contribution in [1.29, 1.82) is 0 Å². The van der Waals surface area contributed by atoms with E-state index in [9.17, 15) is 4.79 Å². The summed E-state index contributed by atoms with van der Waals surface area (Å²) >= 11 is 0. The third kappa shape index (κ3) is 4.58. The summed E-state index contributed by atoms with van der Waals surface area (Å²) in [6, 6.07) is 15.0. The van der Waals surface area contributed by atoms with Crippen LogP contribution in [0.15, 0.2) is 47.3 Å². The van der Waals surface area contributed by atoms with Crippen molar-refractivity contribution in [3.05, 3.63) is 58.4 Å². The second kappa shape index (κ2) is 8.82. The summed E-state index contributed by atoms with van der Waals surface area (Å²) < 4.78 is 5.47. The fourth-order valence-corrected chi connectivity index (χ4v) is 4.57. The fourth-order valence-electron chi connectivity index (χ4n) is 4.57. The van der Waals surface area contributed by atoms with Gasteiger partial charge in [-0.05, 0) is 37.2 Å². The van der Waals surface area contributed by atoms with Crippen LogP contribution in [0.1, 0.15) is 31.7 Å². The first-order valence-corrected chi connectivity index (χ1v) is 10.6. The molecular weight excluding hydrogens is 350 g/mol. The zero-order chi connectivity index (χ0) is 19.3. The Morgan fingerprint density at radius 2 is 1.89 bits per heavy atom. The van der Waals surface area contributed by atoms with Crippen LogP contribution in [0.25, 0.3) is 0 Å². The van der Waals surface area contributed by atoms with Crippen LogP contribution in [0.4, 0.5) is 11.5 Å². The number of ether oxygens (including phenoxy) is 1. The number of nitrogens with one attached hydrogen (secondary N) is 1. The smallest absolute Gasteiger partial charge is 0.251 e. The van der Waals surface area contributed by atoms with Crippen LogP contribution < -0.4 is 15.4 Å². The Morgan fingerprint density at radius 3 is 2.68 bits per heavy atom. The number of aromatic nitrogens is 1. The Bertz CT molecular complexity index is 814. The van der Waals surface area contributed by atoms with Crippen molar-refractivity contribution in [2.45, 2.75) is 38.6 Å². The van der Waals surface area contributed by atoms with Gasteiger partial charge >= 0.3 is 0 Å². The highest BCUT2D eigenvalue weighted by Gasteiger charge is 2.26. The summed E-state index contributed by atoms with van der Waals surface area (Å²) in [5, 5.41) is 0. The molecule has 2 saturated heterocycles. The van der Waals surface area contributed by atoms with Gasteiger partial charge in [-0.2, -0.15) is 0 Å². The summed E-state index contributed by atoms with van der Waals surface area (Å²) in [5.41, 5.74) is 2.35. The molecule has 5 heteroatoms. The number of benzene rings is 1. The Morgan fingerprint density at radius 1 is 1.11 bits per heavy atom. The predicted molar refractivity (Wildman–Crippen MR) is 114 cm³/mol. The molecule has 0 unspecified atom stereocenters. The van der Waals surface area contributed by atoms with Crippen LogP contribution >= 0.6 is 0 Å². The van der Waals surface area contributed by atoms with Crippen LogP contribution in [0, 0.1) is 5.92 Å². The molecule has 0 bridgehead atoms. The van der Waals surface area contributed by atoms with E-state index in [1.54, 1.807) is 6.07 Å². The van der Waals surface area contributed by atoms with E-state index in [1.807, 2.05) is 0 Å². The van der Waals surface area contributed by atoms with Gasteiger partial charge in [0.1, 0.15) is 5.82 Å². The fraction of sp³-hybridized carbons (Fsp3) is 0.522. The van der Waals surface area contributed by atoms with Gasteiger partial charge in [-0.1, -0.05) is 37.3 Å². The Hall–Kier alpha value is -2.27. The van der Waals surface area contributed by atoms with Crippen LogP contribution in [0.5, 0.6) is 0 Å². The number of anilines is 2. The maximum absolute atomic E-state index is 12.5. The maximum atomic E-state index is 12.5. The maximum Gasteiger partial charge on any atom is 0.251 e. The molecule has 5 nitrogen and oxygen atoms in total. The number of morpholine rings is 1. The van der Waals surface area contributed by atoms with Gasteiger partial charge in [-0.15, -0.1) is 0 Å². The van der Waals surface area contributed by atoms with Crippen molar-refractivity contribution in [2.75, 3.05) is 42.6 Å². The third-order valence-corrected chi connectivity index (χ3v) is 6.03. The van der Waals surface area contributed by atoms with E-state index in [-0.39, 0.29) is 5.56 Å². The zero-order valence-corrected chi connectivity index (χ0v) is 16.8. The third-order valence-electron chi connectivity index (χ3n) is 6.03. The van der Waals surface area contributed by atoms with Crippen LogP contribution in [0.2, 0.25) is 0 Å². The molecule has 28 heavy (non-hydrogen) atoms.